The summed E-state index contributed by atoms with van der Waals surface area (Å²) in [5.41, 5.74) is 0.781. The summed E-state index contributed by atoms with van der Waals surface area (Å²) >= 11 is 0. The molecule has 0 heterocycles. The van der Waals surface area contributed by atoms with E-state index in [2.05, 4.69) is 10.6 Å². The van der Waals surface area contributed by atoms with E-state index in [1.165, 1.54) is 6.07 Å². The molecule has 0 saturated carbocycles. The fraction of sp³-hybridized carbons (Fsp3) is 0.125. The van der Waals surface area contributed by atoms with Gasteiger partial charge in [-0.25, -0.2) is 8.78 Å². The number of halogens is 2. The number of nitrogens with one attached hydrogen (secondary N) is 2. The van der Waals surface area contributed by atoms with Crippen LogP contribution in [0.2, 0.25) is 0 Å². The van der Waals surface area contributed by atoms with Crippen LogP contribution >= 0.6 is 0 Å². The molecule has 0 aliphatic heterocycles. The summed E-state index contributed by atoms with van der Waals surface area (Å²) in [6, 6.07) is 9.30. The van der Waals surface area contributed by atoms with Crippen molar-refractivity contribution in [3.05, 3.63) is 59.7 Å². The largest absolute Gasteiger partial charge is 0.508 e. The molecular formula is C16H14F2N2O3. The number of phenols is 1. The molecule has 0 spiro atoms. The van der Waals surface area contributed by atoms with Gasteiger partial charge in [0.1, 0.15) is 5.75 Å². The minimum Gasteiger partial charge on any atom is -0.508 e. The molecule has 0 atom stereocenters. The van der Waals surface area contributed by atoms with Crippen molar-refractivity contribution in [2.45, 2.75) is 6.42 Å². The van der Waals surface area contributed by atoms with E-state index in [0.29, 0.717) is 6.42 Å². The smallest absolute Gasteiger partial charge is 0.313 e. The van der Waals surface area contributed by atoms with Crippen molar-refractivity contribution in [1.29, 1.82) is 0 Å². The Kier molecular flexibility index (Phi) is 5.24. The number of carbonyl (C=O) groups is 2. The molecule has 0 unspecified atom stereocenters. The SMILES string of the molecule is O=C(NCCc1cccc(O)c1)C(=O)Nc1ccc(F)c(F)c1. The Morgan fingerprint density at radius 1 is 1.00 bits per heavy atom. The number of aromatic hydroxyl groups is 1. The van der Waals surface area contributed by atoms with Crippen LogP contribution in [0.1, 0.15) is 5.56 Å². The maximum Gasteiger partial charge on any atom is 0.313 e. The van der Waals surface area contributed by atoms with E-state index >= 15 is 0 Å². The first-order chi connectivity index (χ1) is 11.0. The number of carbonyl (C=O) groups excluding carboxylic acids is 2. The van der Waals surface area contributed by atoms with Crippen molar-refractivity contribution in [2.24, 2.45) is 0 Å². The second-order valence-corrected chi connectivity index (χ2v) is 4.76. The number of phenolic OH excluding ortho intramolecular Hbond substituents is 1. The normalized spacial score (nSPS) is 10.2. The molecule has 0 fully saturated rings. The highest BCUT2D eigenvalue weighted by Crippen LogP contribution is 2.13. The standard InChI is InChI=1S/C16H14F2N2O3/c17-13-5-4-11(9-14(13)18)20-16(23)15(22)19-7-6-10-2-1-3-12(21)8-10/h1-5,8-9,21H,6-7H2,(H,19,22)(H,20,23). The molecule has 0 aromatic heterocycles. The molecule has 2 aromatic carbocycles. The van der Waals surface area contributed by atoms with Gasteiger partial charge < -0.3 is 15.7 Å². The lowest BCUT2D eigenvalue weighted by atomic mass is 10.1. The zero-order valence-electron chi connectivity index (χ0n) is 12.0. The van der Waals surface area contributed by atoms with E-state index in [4.69, 9.17) is 0 Å². The lowest BCUT2D eigenvalue weighted by Gasteiger charge is -2.07. The molecule has 0 saturated heterocycles. The summed E-state index contributed by atoms with van der Waals surface area (Å²) in [5, 5.41) is 13.9. The molecule has 0 radical (unpaired) electrons. The molecule has 23 heavy (non-hydrogen) atoms. The van der Waals surface area contributed by atoms with E-state index in [1.54, 1.807) is 18.2 Å². The van der Waals surface area contributed by atoms with Gasteiger partial charge in [0, 0.05) is 18.3 Å². The van der Waals surface area contributed by atoms with Crippen molar-refractivity contribution in [3.63, 3.8) is 0 Å². The monoisotopic (exact) mass is 320 g/mol. The first kappa shape index (κ1) is 16.4. The van der Waals surface area contributed by atoms with Crippen molar-refractivity contribution in [2.75, 3.05) is 11.9 Å². The Balaban J connectivity index is 1.83. The lowest BCUT2D eigenvalue weighted by Crippen LogP contribution is -2.36. The Hall–Kier alpha value is -2.96. The van der Waals surface area contributed by atoms with E-state index in [9.17, 15) is 23.5 Å². The fourth-order valence-corrected chi connectivity index (χ4v) is 1.87. The van der Waals surface area contributed by atoms with E-state index in [-0.39, 0.29) is 18.0 Å². The van der Waals surface area contributed by atoms with Crippen molar-refractivity contribution in [3.8, 4) is 5.75 Å². The van der Waals surface area contributed by atoms with Crippen LogP contribution in [-0.4, -0.2) is 23.5 Å². The number of benzene rings is 2. The first-order valence-corrected chi connectivity index (χ1v) is 6.78. The molecular weight excluding hydrogens is 306 g/mol. The van der Waals surface area contributed by atoms with Crippen molar-refractivity contribution >= 4 is 17.5 Å². The van der Waals surface area contributed by atoms with Crippen LogP contribution in [0.4, 0.5) is 14.5 Å². The van der Waals surface area contributed by atoms with Gasteiger partial charge >= 0.3 is 11.8 Å². The van der Waals surface area contributed by atoms with Crippen LogP contribution in [0.25, 0.3) is 0 Å². The number of anilines is 1. The molecule has 3 N–H and O–H groups in total. The highest BCUT2D eigenvalue weighted by molar-refractivity contribution is 6.39. The van der Waals surface area contributed by atoms with Gasteiger partial charge in [0.05, 0.1) is 0 Å². The number of amides is 2. The summed E-state index contributed by atoms with van der Waals surface area (Å²) in [6.45, 7) is 0.188. The van der Waals surface area contributed by atoms with Gasteiger partial charge in [0.25, 0.3) is 0 Å². The van der Waals surface area contributed by atoms with Crippen LogP contribution in [0.5, 0.6) is 5.75 Å². The Labute approximate surface area is 130 Å². The second-order valence-electron chi connectivity index (χ2n) is 4.76. The van der Waals surface area contributed by atoms with E-state index < -0.39 is 23.4 Å². The second kappa shape index (κ2) is 7.35. The third kappa shape index (κ3) is 4.77. The lowest BCUT2D eigenvalue weighted by molar-refractivity contribution is -0.136. The predicted molar refractivity (Wildman–Crippen MR) is 79.8 cm³/mol. The van der Waals surface area contributed by atoms with Gasteiger partial charge in [-0.15, -0.1) is 0 Å². The van der Waals surface area contributed by atoms with E-state index in [1.807, 2.05) is 0 Å². The zero-order valence-corrected chi connectivity index (χ0v) is 12.0. The van der Waals surface area contributed by atoms with Gasteiger partial charge in [-0.1, -0.05) is 12.1 Å². The van der Waals surface area contributed by atoms with Gasteiger partial charge in [-0.3, -0.25) is 9.59 Å². The minimum atomic E-state index is -1.12. The topological polar surface area (TPSA) is 78.4 Å². The highest BCUT2D eigenvalue weighted by Gasteiger charge is 2.14. The summed E-state index contributed by atoms with van der Waals surface area (Å²) in [7, 11) is 0. The van der Waals surface area contributed by atoms with Gasteiger partial charge in [-0.05, 0) is 36.2 Å². The molecule has 0 aliphatic rings. The number of hydrogen-bond acceptors (Lipinski definition) is 3. The molecule has 7 heteroatoms. The van der Waals surface area contributed by atoms with Gasteiger partial charge in [0.15, 0.2) is 11.6 Å². The van der Waals surface area contributed by atoms with Crippen LogP contribution < -0.4 is 10.6 Å². The molecule has 5 nitrogen and oxygen atoms in total. The molecule has 0 aliphatic carbocycles. The quantitative estimate of drug-likeness (QED) is 0.754. The Bertz CT molecular complexity index is 735. The maximum absolute atomic E-state index is 13.0. The Morgan fingerprint density at radius 2 is 1.78 bits per heavy atom. The highest BCUT2D eigenvalue weighted by atomic mass is 19.2. The van der Waals surface area contributed by atoms with Crippen LogP contribution in [-0.2, 0) is 16.0 Å². The predicted octanol–water partition coefficient (Wildman–Crippen LogP) is 1.97. The molecule has 120 valence electrons. The average Bonchev–Trinajstić information content (AvgIpc) is 2.51. The summed E-state index contributed by atoms with van der Waals surface area (Å²) in [4.78, 5) is 23.2. The average molecular weight is 320 g/mol. The van der Waals surface area contributed by atoms with Crippen LogP contribution in [0.3, 0.4) is 0 Å². The van der Waals surface area contributed by atoms with Crippen LogP contribution in [0, 0.1) is 11.6 Å². The zero-order chi connectivity index (χ0) is 16.8. The number of hydrogen-bond donors (Lipinski definition) is 3. The van der Waals surface area contributed by atoms with Crippen molar-refractivity contribution < 1.29 is 23.5 Å². The third-order valence-corrected chi connectivity index (χ3v) is 2.99. The number of rotatable bonds is 4. The van der Waals surface area contributed by atoms with Crippen molar-refractivity contribution in [1.82, 2.24) is 5.32 Å². The van der Waals surface area contributed by atoms with Gasteiger partial charge in [-0.2, -0.15) is 0 Å². The molecule has 2 aromatic rings. The third-order valence-electron chi connectivity index (χ3n) is 2.99. The maximum atomic E-state index is 13.0. The molecule has 0 bridgehead atoms. The molecule has 2 rings (SSSR count). The summed E-state index contributed by atoms with van der Waals surface area (Å²) < 4.78 is 25.8. The Morgan fingerprint density at radius 3 is 2.48 bits per heavy atom. The fourth-order valence-electron chi connectivity index (χ4n) is 1.87. The minimum absolute atomic E-state index is 0.0166. The van der Waals surface area contributed by atoms with Crippen LogP contribution in [0.15, 0.2) is 42.5 Å². The van der Waals surface area contributed by atoms with Gasteiger partial charge in [0.2, 0.25) is 0 Å². The van der Waals surface area contributed by atoms with E-state index in [0.717, 1.165) is 23.8 Å². The first-order valence-electron chi connectivity index (χ1n) is 6.78. The summed E-state index contributed by atoms with van der Waals surface area (Å²) in [6.07, 6.45) is 0.429. The molecule has 2 amide bonds. The summed E-state index contributed by atoms with van der Waals surface area (Å²) in [5.74, 6) is -3.92.